The van der Waals surface area contributed by atoms with Gasteiger partial charge in [0.15, 0.2) is 5.16 Å². The molecule has 0 unspecified atom stereocenters. The summed E-state index contributed by atoms with van der Waals surface area (Å²) in [5.74, 6) is -0.324. The van der Waals surface area contributed by atoms with Crippen molar-refractivity contribution in [1.29, 1.82) is 0 Å². The molecule has 5 nitrogen and oxygen atoms in total. The molecule has 3 rings (SSSR count). The van der Waals surface area contributed by atoms with Gasteiger partial charge in [-0.3, -0.25) is 0 Å². The first-order valence-electron chi connectivity index (χ1n) is 8.23. The summed E-state index contributed by atoms with van der Waals surface area (Å²) in [4.78, 5) is 20.4. The Labute approximate surface area is 145 Å². The number of carbonyl (C=O) groups is 1. The van der Waals surface area contributed by atoms with Gasteiger partial charge in [0, 0.05) is 17.0 Å². The number of anilines is 2. The molecule has 2 aromatic rings. The van der Waals surface area contributed by atoms with Crippen LogP contribution in [-0.2, 0) is 0 Å². The zero-order valence-corrected chi connectivity index (χ0v) is 14.5. The van der Waals surface area contributed by atoms with Crippen molar-refractivity contribution < 1.29 is 9.90 Å². The van der Waals surface area contributed by atoms with Gasteiger partial charge in [-0.2, -0.15) is 0 Å². The molecular formula is C18H21N3O2S. The summed E-state index contributed by atoms with van der Waals surface area (Å²) in [5, 5.41) is 13.8. The number of benzene rings is 1. The predicted molar refractivity (Wildman–Crippen MR) is 96.2 cm³/mol. The van der Waals surface area contributed by atoms with Crippen LogP contribution in [0, 0.1) is 6.92 Å². The minimum Gasteiger partial charge on any atom is -0.478 e. The Bertz CT molecular complexity index is 730. The van der Waals surface area contributed by atoms with Gasteiger partial charge in [0.2, 0.25) is 0 Å². The number of hydrogen-bond donors (Lipinski definition) is 2. The van der Waals surface area contributed by atoms with Gasteiger partial charge < -0.3 is 10.4 Å². The Balaban J connectivity index is 1.80. The standard InChI is InChI=1S/C18H21N3O2S/c1-12-11-16(20-15-10-6-5-9-14(15)17(22)23)21-18(19-12)24-13-7-3-2-4-8-13/h5-6,9-11,13H,2-4,7-8H2,1H3,(H,22,23)(H,19,20,21). The molecule has 6 heteroatoms. The molecule has 1 aliphatic carbocycles. The summed E-state index contributed by atoms with van der Waals surface area (Å²) in [6, 6.07) is 8.68. The molecule has 2 N–H and O–H groups in total. The van der Waals surface area contributed by atoms with Crippen molar-refractivity contribution in [2.24, 2.45) is 0 Å². The van der Waals surface area contributed by atoms with Gasteiger partial charge in [-0.25, -0.2) is 14.8 Å². The fourth-order valence-electron chi connectivity index (χ4n) is 2.91. The number of nitrogens with zero attached hydrogens (tertiary/aromatic N) is 2. The second-order valence-electron chi connectivity index (χ2n) is 6.03. The van der Waals surface area contributed by atoms with E-state index in [1.807, 2.05) is 13.0 Å². The van der Waals surface area contributed by atoms with Gasteiger partial charge in [-0.15, -0.1) is 0 Å². The highest BCUT2D eigenvalue weighted by Crippen LogP contribution is 2.32. The van der Waals surface area contributed by atoms with Gasteiger partial charge in [0.1, 0.15) is 5.82 Å². The molecule has 0 spiro atoms. The average Bonchev–Trinajstić information content (AvgIpc) is 2.55. The van der Waals surface area contributed by atoms with Crippen LogP contribution in [0.4, 0.5) is 11.5 Å². The minimum absolute atomic E-state index is 0.232. The SMILES string of the molecule is Cc1cc(Nc2ccccc2C(=O)O)nc(SC2CCCCC2)n1. The maximum absolute atomic E-state index is 11.3. The number of carboxylic acid groups (broad SMARTS) is 1. The predicted octanol–water partition coefficient (Wildman–Crippen LogP) is 4.65. The van der Waals surface area contributed by atoms with Crippen molar-refractivity contribution in [3.63, 3.8) is 0 Å². The average molecular weight is 343 g/mol. The molecule has 24 heavy (non-hydrogen) atoms. The lowest BCUT2D eigenvalue weighted by atomic mass is 10.0. The Kier molecular flexibility index (Phi) is 5.35. The molecule has 0 atom stereocenters. The summed E-state index contributed by atoms with van der Waals surface area (Å²) < 4.78 is 0. The van der Waals surface area contributed by atoms with Gasteiger partial charge in [0.25, 0.3) is 0 Å². The third kappa shape index (κ3) is 4.26. The molecular weight excluding hydrogens is 322 g/mol. The van der Waals surface area contributed by atoms with E-state index in [9.17, 15) is 9.90 Å². The van der Waals surface area contributed by atoms with Crippen LogP contribution in [0.15, 0.2) is 35.5 Å². The third-order valence-corrected chi connectivity index (χ3v) is 5.28. The van der Waals surface area contributed by atoms with E-state index in [1.54, 1.807) is 36.0 Å². The van der Waals surface area contributed by atoms with Crippen LogP contribution in [0.5, 0.6) is 0 Å². The first-order valence-corrected chi connectivity index (χ1v) is 9.11. The van der Waals surface area contributed by atoms with E-state index in [4.69, 9.17) is 0 Å². The van der Waals surface area contributed by atoms with Crippen LogP contribution < -0.4 is 5.32 Å². The molecule has 0 aliphatic heterocycles. The van der Waals surface area contributed by atoms with Crippen molar-refractivity contribution in [2.75, 3.05) is 5.32 Å². The molecule has 1 heterocycles. The van der Waals surface area contributed by atoms with Gasteiger partial charge in [-0.1, -0.05) is 43.2 Å². The molecule has 0 bridgehead atoms. The van der Waals surface area contributed by atoms with Crippen LogP contribution >= 0.6 is 11.8 Å². The Morgan fingerprint density at radius 2 is 1.96 bits per heavy atom. The van der Waals surface area contributed by atoms with Crippen molar-refractivity contribution in [2.45, 2.75) is 49.4 Å². The number of aryl methyl sites for hydroxylation is 1. The lowest BCUT2D eigenvalue weighted by Crippen LogP contribution is -2.09. The van der Waals surface area contributed by atoms with Crippen LogP contribution in [0.1, 0.15) is 48.2 Å². The highest BCUT2D eigenvalue weighted by atomic mass is 32.2. The maximum Gasteiger partial charge on any atom is 0.337 e. The first kappa shape index (κ1) is 16.8. The quantitative estimate of drug-likeness (QED) is 0.770. The molecule has 0 amide bonds. The fourth-order valence-corrected chi connectivity index (χ4v) is 4.12. The van der Waals surface area contributed by atoms with Crippen molar-refractivity contribution in [3.05, 3.63) is 41.6 Å². The summed E-state index contributed by atoms with van der Waals surface area (Å²) in [7, 11) is 0. The van der Waals surface area contributed by atoms with Crippen molar-refractivity contribution >= 4 is 29.2 Å². The number of aromatic nitrogens is 2. The van der Waals surface area contributed by atoms with Gasteiger partial charge in [-0.05, 0) is 31.9 Å². The zero-order valence-electron chi connectivity index (χ0n) is 13.7. The Hall–Kier alpha value is -2.08. The summed E-state index contributed by atoms with van der Waals surface area (Å²) in [6.07, 6.45) is 6.31. The molecule has 126 valence electrons. The van der Waals surface area contributed by atoms with E-state index in [0.29, 0.717) is 16.8 Å². The number of para-hydroxylation sites is 1. The lowest BCUT2D eigenvalue weighted by Gasteiger charge is -2.20. The van der Waals surface area contributed by atoms with Crippen LogP contribution in [0.25, 0.3) is 0 Å². The van der Waals surface area contributed by atoms with E-state index < -0.39 is 5.97 Å². The normalized spacial score (nSPS) is 15.2. The number of nitrogens with one attached hydrogen (secondary N) is 1. The molecule has 1 aliphatic rings. The molecule has 1 fully saturated rings. The number of hydrogen-bond acceptors (Lipinski definition) is 5. The van der Waals surface area contributed by atoms with E-state index in [2.05, 4.69) is 15.3 Å². The second kappa shape index (κ2) is 7.66. The minimum atomic E-state index is -0.958. The molecule has 0 radical (unpaired) electrons. The number of carboxylic acids is 1. The largest absolute Gasteiger partial charge is 0.478 e. The molecule has 1 saturated carbocycles. The van der Waals surface area contributed by atoms with E-state index in [-0.39, 0.29) is 5.56 Å². The fraction of sp³-hybridized carbons (Fsp3) is 0.389. The lowest BCUT2D eigenvalue weighted by molar-refractivity contribution is 0.0698. The zero-order chi connectivity index (χ0) is 16.9. The molecule has 1 aromatic heterocycles. The van der Waals surface area contributed by atoms with Gasteiger partial charge in [0.05, 0.1) is 11.3 Å². The molecule has 0 saturated heterocycles. The monoisotopic (exact) mass is 343 g/mol. The number of aromatic carboxylic acids is 1. The maximum atomic E-state index is 11.3. The van der Waals surface area contributed by atoms with Crippen molar-refractivity contribution in [3.8, 4) is 0 Å². The van der Waals surface area contributed by atoms with E-state index >= 15 is 0 Å². The van der Waals surface area contributed by atoms with Crippen molar-refractivity contribution in [1.82, 2.24) is 9.97 Å². The van der Waals surface area contributed by atoms with Gasteiger partial charge >= 0.3 is 5.97 Å². The highest BCUT2D eigenvalue weighted by Gasteiger charge is 2.17. The smallest absolute Gasteiger partial charge is 0.337 e. The molecule has 1 aromatic carbocycles. The number of rotatable bonds is 5. The van der Waals surface area contributed by atoms with E-state index in [0.717, 1.165) is 10.9 Å². The Morgan fingerprint density at radius 1 is 1.21 bits per heavy atom. The summed E-state index contributed by atoms with van der Waals surface area (Å²) in [5.41, 5.74) is 1.64. The topological polar surface area (TPSA) is 75.1 Å². The third-order valence-electron chi connectivity index (χ3n) is 4.08. The summed E-state index contributed by atoms with van der Waals surface area (Å²) >= 11 is 1.74. The highest BCUT2D eigenvalue weighted by molar-refractivity contribution is 7.99. The Morgan fingerprint density at radius 3 is 2.71 bits per heavy atom. The second-order valence-corrected chi connectivity index (χ2v) is 7.30. The van der Waals surface area contributed by atoms with Crippen LogP contribution in [-0.4, -0.2) is 26.3 Å². The van der Waals surface area contributed by atoms with E-state index in [1.165, 1.54) is 32.1 Å². The van der Waals surface area contributed by atoms with Crippen LogP contribution in [0.2, 0.25) is 0 Å². The summed E-state index contributed by atoms with van der Waals surface area (Å²) in [6.45, 7) is 1.93. The number of thioether (sulfide) groups is 1. The van der Waals surface area contributed by atoms with Crippen LogP contribution in [0.3, 0.4) is 0 Å². The first-order chi connectivity index (χ1) is 11.6.